The largest absolute Gasteiger partial charge is 0.497 e. The highest BCUT2D eigenvalue weighted by Crippen LogP contribution is 2.57. The van der Waals surface area contributed by atoms with E-state index >= 15 is 0 Å². The Morgan fingerprint density at radius 3 is 2.09 bits per heavy atom. The average Bonchev–Trinajstić information content (AvgIpc) is 3.44. The molecule has 2 heterocycles. The molecule has 6 rings (SSSR count). The molecule has 7 heteroatoms. The van der Waals surface area contributed by atoms with Crippen LogP contribution in [-0.4, -0.2) is 36.1 Å². The maximum absolute atomic E-state index is 13.9. The third-order valence-corrected chi connectivity index (χ3v) is 6.96. The molecule has 2 aliphatic heterocycles. The van der Waals surface area contributed by atoms with Gasteiger partial charge in [0, 0.05) is 17.2 Å². The van der Waals surface area contributed by atoms with Gasteiger partial charge in [-0.3, -0.25) is 19.2 Å². The summed E-state index contributed by atoms with van der Waals surface area (Å²) in [7, 11) is 1.49. The number of hydrogen-bond donors (Lipinski definition) is 0. The predicted molar refractivity (Wildman–Crippen MR) is 121 cm³/mol. The number of benzene rings is 3. The van der Waals surface area contributed by atoms with Crippen molar-refractivity contribution in [1.29, 1.82) is 0 Å². The number of ether oxygens (including phenoxy) is 2. The number of fused-ring (bicyclic) bond motifs is 3. The average molecular weight is 453 g/mol. The normalized spacial score (nSPS) is 24.6. The van der Waals surface area contributed by atoms with Gasteiger partial charge in [-0.2, -0.15) is 0 Å². The molecule has 7 nitrogen and oxygen atoms in total. The molecule has 0 N–H and O–H groups in total. The molecule has 3 aromatic carbocycles. The van der Waals surface area contributed by atoms with Crippen molar-refractivity contribution in [2.24, 2.45) is 11.8 Å². The van der Waals surface area contributed by atoms with E-state index in [2.05, 4.69) is 0 Å². The number of imide groups is 1. The van der Waals surface area contributed by atoms with E-state index in [1.165, 1.54) is 7.11 Å². The standard InChI is InChI=1S/C27H19NO6/c1-33-17-11-7-10-16(14-17)28-25(31)20-21(26(28)32)27(34-22(20)15-8-3-2-4-9-15)23(29)18-12-5-6-13-19(18)24(27)30/h2-14,20-22H,1H3/t20-,21-,22+/m0/s1. The Kier molecular flexibility index (Phi) is 4.34. The molecule has 2 amide bonds. The van der Waals surface area contributed by atoms with Crippen LogP contribution in [0.1, 0.15) is 32.4 Å². The topological polar surface area (TPSA) is 90.0 Å². The zero-order valence-electron chi connectivity index (χ0n) is 18.1. The molecule has 3 aromatic rings. The quantitative estimate of drug-likeness (QED) is 0.446. The van der Waals surface area contributed by atoms with E-state index in [-0.39, 0.29) is 11.1 Å². The third-order valence-electron chi connectivity index (χ3n) is 6.96. The lowest BCUT2D eigenvalue weighted by atomic mass is 9.77. The highest BCUT2D eigenvalue weighted by molar-refractivity contribution is 6.37. The first-order chi connectivity index (χ1) is 16.5. The van der Waals surface area contributed by atoms with Gasteiger partial charge in [0.25, 0.3) is 0 Å². The SMILES string of the molecule is COc1cccc(N2C(=O)[C@@H]3[C@@H](c4ccccc4)OC4(C(=O)c5ccccc5C4=O)[C@@H]3C2=O)c1. The number of methoxy groups -OCH3 is 1. The number of amides is 2. The van der Waals surface area contributed by atoms with E-state index in [9.17, 15) is 19.2 Å². The molecule has 168 valence electrons. The van der Waals surface area contributed by atoms with Crippen LogP contribution in [0.15, 0.2) is 78.9 Å². The van der Waals surface area contributed by atoms with Crippen LogP contribution in [0.2, 0.25) is 0 Å². The molecule has 2 saturated heterocycles. The molecule has 1 aliphatic carbocycles. The van der Waals surface area contributed by atoms with Gasteiger partial charge in [0.2, 0.25) is 29.0 Å². The van der Waals surface area contributed by atoms with Gasteiger partial charge in [-0.25, -0.2) is 4.90 Å². The Balaban J connectivity index is 1.54. The minimum atomic E-state index is -2.07. The summed E-state index contributed by atoms with van der Waals surface area (Å²) < 4.78 is 11.5. The summed E-state index contributed by atoms with van der Waals surface area (Å²) in [6, 6.07) is 21.9. The number of anilines is 1. The number of carbonyl (C=O) groups is 4. The summed E-state index contributed by atoms with van der Waals surface area (Å²) in [4.78, 5) is 56.1. The van der Waals surface area contributed by atoms with Crippen LogP contribution in [0.3, 0.4) is 0 Å². The van der Waals surface area contributed by atoms with Crippen molar-refractivity contribution in [2.45, 2.75) is 11.7 Å². The summed E-state index contributed by atoms with van der Waals surface area (Å²) >= 11 is 0. The molecule has 2 fully saturated rings. The second-order valence-corrected chi connectivity index (χ2v) is 8.61. The van der Waals surface area contributed by atoms with E-state index < -0.39 is 46.9 Å². The molecule has 0 aromatic heterocycles. The fraction of sp³-hybridized carbons (Fsp3) is 0.185. The Bertz CT molecular complexity index is 1350. The van der Waals surface area contributed by atoms with Crippen LogP contribution in [0.25, 0.3) is 0 Å². The first-order valence-electron chi connectivity index (χ1n) is 10.9. The van der Waals surface area contributed by atoms with Gasteiger partial charge in [-0.05, 0) is 17.7 Å². The van der Waals surface area contributed by atoms with Gasteiger partial charge >= 0.3 is 0 Å². The Labute approximate surface area is 194 Å². The fourth-order valence-electron chi connectivity index (χ4n) is 5.46. The summed E-state index contributed by atoms with van der Waals surface area (Å²) in [6.07, 6.45) is -0.930. The summed E-state index contributed by atoms with van der Waals surface area (Å²) in [5.74, 6) is -4.11. The van der Waals surface area contributed by atoms with E-state index in [4.69, 9.17) is 9.47 Å². The molecule has 0 unspecified atom stereocenters. The predicted octanol–water partition coefficient (Wildman–Crippen LogP) is 3.39. The lowest BCUT2D eigenvalue weighted by Crippen LogP contribution is -2.51. The van der Waals surface area contributed by atoms with Crippen LogP contribution in [0.5, 0.6) is 5.75 Å². The molecular weight excluding hydrogens is 434 g/mol. The van der Waals surface area contributed by atoms with Crippen LogP contribution in [0.4, 0.5) is 5.69 Å². The van der Waals surface area contributed by atoms with Gasteiger partial charge in [0.15, 0.2) is 0 Å². The summed E-state index contributed by atoms with van der Waals surface area (Å²) in [5.41, 5.74) is -0.712. The fourth-order valence-corrected chi connectivity index (χ4v) is 5.46. The van der Waals surface area contributed by atoms with Crippen molar-refractivity contribution in [3.05, 3.63) is 95.6 Å². The van der Waals surface area contributed by atoms with Crippen LogP contribution in [0, 0.1) is 11.8 Å². The van der Waals surface area contributed by atoms with Crippen molar-refractivity contribution in [1.82, 2.24) is 0 Å². The van der Waals surface area contributed by atoms with Gasteiger partial charge in [0.05, 0.1) is 30.7 Å². The molecule has 3 atom stereocenters. The van der Waals surface area contributed by atoms with Gasteiger partial charge in [-0.15, -0.1) is 0 Å². The van der Waals surface area contributed by atoms with Gasteiger partial charge in [-0.1, -0.05) is 60.7 Å². The van der Waals surface area contributed by atoms with Crippen LogP contribution in [-0.2, 0) is 14.3 Å². The maximum Gasteiger partial charge on any atom is 0.241 e. The Hall–Kier alpha value is -4.10. The van der Waals surface area contributed by atoms with Crippen molar-refractivity contribution < 1.29 is 28.7 Å². The Morgan fingerprint density at radius 2 is 1.44 bits per heavy atom. The molecule has 0 radical (unpaired) electrons. The van der Waals surface area contributed by atoms with E-state index in [0.717, 1.165) is 4.90 Å². The molecule has 0 saturated carbocycles. The van der Waals surface area contributed by atoms with Crippen molar-refractivity contribution in [3.8, 4) is 5.75 Å². The minimum Gasteiger partial charge on any atom is -0.497 e. The zero-order valence-corrected chi connectivity index (χ0v) is 18.1. The lowest BCUT2D eigenvalue weighted by molar-refractivity contribution is -0.127. The maximum atomic E-state index is 13.9. The second kappa shape index (κ2) is 7.20. The van der Waals surface area contributed by atoms with Crippen LogP contribution < -0.4 is 9.64 Å². The third kappa shape index (κ3) is 2.50. The second-order valence-electron chi connectivity index (χ2n) is 8.61. The molecule has 34 heavy (non-hydrogen) atoms. The highest BCUT2D eigenvalue weighted by atomic mass is 16.5. The van der Waals surface area contributed by atoms with Crippen molar-refractivity contribution in [2.75, 3.05) is 12.0 Å². The van der Waals surface area contributed by atoms with E-state index in [1.54, 1.807) is 72.8 Å². The van der Waals surface area contributed by atoms with E-state index in [0.29, 0.717) is 17.0 Å². The number of rotatable bonds is 3. The highest BCUT2D eigenvalue weighted by Gasteiger charge is 2.74. The first kappa shape index (κ1) is 20.5. The number of carbonyl (C=O) groups excluding carboxylic acids is 4. The molecular formula is C27H19NO6. The zero-order chi connectivity index (χ0) is 23.6. The summed E-state index contributed by atoms with van der Waals surface area (Å²) in [5, 5.41) is 0. The molecule has 3 aliphatic rings. The van der Waals surface area contributed by atoms with E-state index in [1.807, 2.05) is 6.07 Å². The van der Waals surface area contributed by atoms with Gasteiger partial charge < -0.3 is 9.47 Å². The Morgan fingerprint density at radius 1 is 0.794 bits per heavy atom. The van der Waals surface area contributed by atoms with Crippen molar-refractivity contribution in [3.63, 3.8) is 0 Å². The first-order valence-corrected chi connectivity index (χ1v) is 10.9. The number of ketones is 2. The lowest BCUT2D eigenvalue weighted by Gasteiger charge is -2.27. The number of hydrogen-bond acceptors (Lipinski definition) is 6. The minimum absolute atomic E-state index is 0.208. The molecule has 1 spiro atoms. The number of Topliss-reactive ketones (excluding diaryl/α,β-unsaturated/α-hetero) is 2. The monoisotopic (exact) mass is 453 g/mol. The van der Waals surface area contributed by atoms with Gasteiger partial charge in [0.1, 0.15) is 5.75 Å². The van der Waals surface area contributed by atoms with Crippen molar-refractivity contribution >= 4 is 29.1 Å². The number of nitrogens with zero attached hydrogens (tertiary/aromatic N) is 1. The smallest absolute Gasteiger partial charge is 0.241 e. The summed E-state index contributed by atoms with van der Waals surface area (Å²) in [6.45, 7) is 0. The molecule has 0 bridgehead atoms. The van der Waals surface area contributed by atoms with Crippen LogP contribution >= 0.6 is 0 Å².